The second-order valence-electron chi connectivity index (χ2n) is 9.91. The van der Waals surface area contributed by atoms with E-state index in [1.165, 1.54) is 5.56 Å². The largest absolute Gasteiger partial charge is 0.365 e. The topological polar surface area (TPSA) is 77.5 Å². The van der Waals surface area contributed by atoms with E-state index in [1.54, 1.807) is 0 Å². The van der Waals surface area contributed by atoms with Crippen molar-refractivity contribution in [2.45, 2.75) is 58.4 Å². The number of piperazine rings is 1. The van der Waals surface area contributed by atoms with E-state index in [2.05, 4.69) is 46.1 Å². The number of para-hydroxylation sites is 1. The summed E-state index contributed by atoms with van der Waals surface area (Å²) in [7, 11) is 0. The van der Waals surface area contributed by atoms with Crippen molar-refractivity contribution in [3.05, 3.63) is 53.3 Å². The summed E-state index contributed by atoms with van der Waals surface area (Å²) in [5, 5.41) is 4.75. The maximum absolute atomic E-state index is 12.1. The molecule has 1 N–H and O–H groups in total. The number of hydrogen-bond acceptors (Lipinski definition) is 7. The Balaban J connectivity index is 1.27. The van der Waals surface area contributed by atoms with Crippen LogP contribution in [0.4, 0.5) is 11.8 Å². The quantitative estimate of drug-likeness (QED) is 0.631. The van der Waals surface area contributed by atoms with Crippen LogP contribution in [0, 0.1) is 0 Å². The third-order valence-electron chi connectivity index (χ3n) is 7.41. The van der Waals surface area contributed by atoms with Crippen LogP contribution in [0.3, 0.4) is 0 Å². The first kappa shape index (κ1) is 21.3. The molecule has 0 bridgehead atoms. The molecule has 1 unspecified atom stereocenters. The Hall–Kier alpha value is -3.26. The molecule has 2 saturated heterocycles. The highest BCUT2D eigenvalue weighted by Gasteiger charge is 2.37. The molecule has 2 fully saturated rings. The van der Waals surface area contributed by atoms with Crippen molar-refractivity contribution in [3.63, 3.8) is 0 Å². The Morgan fingerprint density at radius 2 is 2.03 bits per heavy atom. The minimum atomic E-state index is 0.283. The van der Waals surface area contributed by atoms with E-state index >= 15 is 0 Å². The second-order valence-corrected chi connectivity index (χ2v) is 9.91. The second kappa shape index (κ2) is 8.51. The maximum atomic E-state index is 12.1. The highest BCUT2D eigenvalue weighted by Crippen LogP contribution is 2.32. The highest BCUT2D eigenvalue weighted by atomic mass is 16.2. The van der Waals surface area contributed by atoms with Crippen molar-refractivity contribution in [2.75, 3.05) is 29.9 Å². The molecular formula is C26H31N7O. The Morgan fingerprint density at radius 1 is 1.15 bits per heavy atom. The molecule has 1 amide bonds. The number of pyridine rings is 1. The van der Waals surface area contributed by atoms with E-state index in [9.17, 15) is 4.79 Å². The summed E-state index contributed by atoms with van der Waals surface area (Å²) >= 11 is 0. The molecule has 5 heterocycles. The van der Waals surface area contributed by atoms with Gasteiger partial charge >= 0.3 is 0 Å². The number of amides is 1. The number of carbonyl (C=O) groups is 1. The van der Waals surface area contributed by atoms with Gasteiger partial charge in [0.25, 0.3) is 0 Å². The third kappa shape index (κ3) is 3.86. The normalized spacial score (nSPS) is 20.3. The Kier molecular flexibility index (Phi) is 5.32. The predicted octanol–water partition coefficient (Wildman–Crippen LogP) is 3.17. The lowest BCUT2D eigenvalue weighted by Crippen LogP contribution is -2.52. The summed E-state index contributed by atoms with van der Waals surface area (Å²) in [6.07, 6.45) is 3.54. The first-order chi connectivity index (χ1) is 16.5. The Bertz CT molecular complexity index is 1240. The smallest absolute Gasteiger partial charge is 0.227 e. The van der Waals surface area contributed by atoms with Gasteiger partial charge in [-0.2, -0.15) is 4.98 Å². The number of aromatic nitrogens is 3. The molecular weight excluding hydrogens is 426 g/mol. The fourth-order valence-electron chi connectivity index (χ4n) is 5.36. The number of benzene rings is 1. The standard InChI is InChI=1S/C26H31N7O/c1-17(2)32-15-21-23(16-32)29-26(31-9-10-33-20(14-31)7-8-24(33)34)30-25(21)28-13-18-11-19-5-3-4-6-22(19)27-12-18/h3-6,11-12,17,20H,7-10,13-16H2,1-2H3,(H,28,29,30). The van der Waals surface area contributed by atoms with Crippen LogP contribution >= 0.6 is 0 Å². The lowest BCUT2D eigenvalue weighted by molar-refractivity contribution is -0.129. The van der Waals surface area contributed by atoms with E-state index in [0.717, 1.165) is 73.1 Å². The molecule has 2 aromatic heterocycles. The molecule has 8 heteroatoms. The van der Waals surface area contributed by atoms with E-state index in [0.29, 0.717) is 24.9 Å². The van der Waals surface area contributed by atoms with E-state index in [4.69, 9.17) is 9.97 Å². The first-order valence-corrected chi connectivity index (χ1v) is 12.3. The van der Waals surface area contributed by atoms with Crippen LogP contribution in [-0.4, -0.2) is 62.4 Å². The van der Waals surface area contributed by atoms with Crippen molar-refractivity contribution in [2.24, 2.45) is 0 Å². The fourth-order valence-corrected chi connectivity index (χ4v) is 5.36. The predicted molar refractivity (Wildman–Crippen MR) is 132 cm³/mol. The zero-order chi connectivity index (χ0) is 23.2. The van der Waals surface area contributed by atoms with Gasteiger partial charge in [0, 0.05) is 74.9 Å². The van der Waals surface area contributed by atoms with E-state index in [1.807, 2.05) is 29.3 Å². The number of nitrogens with zero attached hydrogens (tertiary/aromatic N) is 6. The van der Waals surface area contributed by atoms with Gasteiger partial charge in [0.1, 0.15) is 5.82 Å². The lowest BCUT2D eigenvalue weighted by Gasteiger charge is -2.37. The van der Waals surface area contributed by atoms with Crippen molar-refractivity contribution >= 4 is 28.6 Å². The molecule has 6 rings (SSSR count). The fraction of sp³-hybridized carbons (Fsp3) is 0.462. The number of fused-ring (bicyclic) bond motifs is 3. The minimum Gasteiger partial charge on any atom is -0.365 e. The molecule has 0 aliphatic carbocycles. The van der Waals surface area contributed by atoms with Crippen LogP contribution in [0.5, 0.6) is 0 Å². The average molecular weight is 458 g/mol. The summed E-state index contributed by atoms with van der Waals surface area (Å²) in [4.78, 5) is 33.5. The van der Waals surface area contributed by atoms with Gasteiger partial charge in [-0.25, -0.2) is 4.98 Å². The van der Waals surface area contributed by atoms with Crippen LogP contribution in [0.1, 0.15) is 43.5 Å². The van der Waals surface area contributed by atoms with Gasteiger partial charge in [-0.15, -0.1) is 0 Å². The van der Waals surface area contributed by atoms with Gasteiger partial charge in [0.2, 0.25) is 11.9 Å². The van der Waals surface area contributed by atoms with Gasteiger partial charge < -0.3 is 15.1 Å². The number of anilines is 2. The van der Waals surface area contributed by atoms with Crippen LogP contribution in [0.2, 0.25) is 0 Å². The van der Waals surface area contributed by atoms with Crippen molar-refractivity contribution < 1.29 is 4.79 Å². The van der Waals surface area contributed by atoms with Crippen molar-refractivity contribution in [1.29, 1.82) is 0 Å². The highest BCUT2D eigenvalue weighted by molar-refractivity contribution is 5.79. The molecule has 34 heavy (non-hydrogen) atoms. The third-order valence-corrected chi connectivity index (χ3v) is 7.41. The van der Waals surface area contributed by atoms with Crippen LogP contribution in [-0.2, 0) is 24.4 Å². The van der Waals surface area contributed by atoms with E-state index in [-0.39, 0.29) is 6.04 Å². The number of rotatable bonds is 5. The summed E-state index contributed by atoms with van der Waals surface area (Å²) in [5.41, 5.74) is 4.45. The molecule has 3 aromatic rings. The summed E-state index contributed by atoms with van der Waals surface area (Å²) in [6.45, 7) is 9.16. The molecule has 0 saturated carbocycles. The number of carbonyl (C=O) groups excluding carboxylic acids is 1. The van der Waals surface area contributed by atoms with Gasteiger partial charge in [-0.1, -0.05) is 18.2 Å². The first-order valence-electron chi connectivity index (χ1n) is 12.3. The molecule has 0 spiro atoms. The Morgan fingerprint density at radius 3 is 2.91 bits per heavy atom. The molecule has 3 aliphatic rings. The zero-order valence-electron chi connectivity index (χ0n) is 19.9. The monoisotopic (exact) mass is 457 g/mol. The van der Waals surface area contributed by atoms with Crippen LogP contribution < -0.4 is 10.2 Å². The molecule has 176 valence electrons. The maximum Gasteiger partial charge on any atom is 0.227 e. The molecule has 8 nitrogen and oxygen atoms in total. The van der Waals surface area contributed by atoms with Crippen molar-refractivity contribution in [3.8, 4) is 0 Å². The minimum absolute atomic E-state index is 0.283. The number of nitrogens with one attached hydrogen (secondary N) is 1. The van der Waals surface area contributed by atoms with E-state index < -0.39 is 0 Å². The van der Waals surface area contributed by atoms with Crippen molar-refractivity contribution in [1.82, 2.24) is 24.8 Å². The lowest BCUT2D eigenvalue weighted by atomic mass is 10.1. The Labute approximate surface area is 200 Å². The molecule has 3 aliphatic heterocycles. The molecule has 1 atom stereocenters. The molecule has 1 aromatic carbocycles. The molecule has 0 radical (unpaired) electrons. The summed E-state index contributed by atoms with van der Waals surface area (Å²) in [6, 6.07) is 11.1. The van der Waals surface area contributed by atoms with Gasteiger partial charge in [0.05, 0.1) is 11.2 Å². The number of hydrogen-bond donors (Lipinski definition) is 1. The summed E-state index contributed by atoms with van der Waals surface area (Å²) in [5.74, 6) is 1.99. The van der Waals surface area contributed by atoms with Crippen LogP contribution in [0.25, 0.3) is 10.9 Å². The van der Waals surface area contributed by atoms with Gasteiger partial charge in [-0.3, -0.25) is 14.7 Å². The zero-order valence-corrected chi connectivity index (χ0v) is 19.9. The van der Waals surface area contributed by atoms with Gasteiger partial charge in [-0.05, 0) is 38.0 Å². The van der Waals surface area contributed by atoms with Gasteiger partial charge in [0.15, 0.2) is 0 Å². The van der Waals surface area contributed by atoms with Crippen LogP contribution in [0.15, 0.2) is 36.5 Å². The average Bonchev–Trinajstić information content (AvgIpc) is 3.46. The summed E-state index contributed by atoms with van der Waals surface area (Å²) < 4.78 is 0. The SMILES string of the molecule is CC(C)N1Cc2nc(N3CCN4C(=O)CCC4C3)nc(NCc3cnc4ccccc4c3)c2C1.